The number of nitrogens with one attached hydrogen (secondary N) is 1. The number of carbonyl (C=O) groups excluding carboxylic acids is 1. The number of hydrogen-bond acceptors (Lipinski definition) is 4. The monoisotopic (exact) mass is 322 g/mol. The number of benzene rings is 1. The third-order valence-corrected chi connectivity index (χ3v) is 3.76. The first kappa shape index (κ1) is 15.3. The molecule has 0 aliphatic heterocycles. The van der Waals surface area contributed by atoms with E-state index in [1.807, 2.05) is 0 Å². The molecule has 0 unspecified atom stereocenters. The van der Waals surface area contributed by atoms with Crippen molar-refractivity contribution in [1.82, 2.24) is 4.98 Å². The molecule has 1 heterocycles. The summed E-state index contributed by atoms with van der Waals surface area (Å²) in [5, 5.41) is 12.5. The Bertz CT molecular complexity index is 662. The Morgan fingerprint density at radius 2 is 2.00 bits per heavy atom. The maximum absolute atomic E-state index is 11.8. The maximum atomic E-state index is 11.8. The molecule has 0 aliphatic carbocycles. The number of halogens is 1. The summed E-state index contributed by atoms with van der Waals surface area (Å²) in [6, 6.07) is 9.98. The number of carboxylic acids is 1. The van der Waals surface area contributed by atoms with Gasteiger partial charge in [-0.3, -0.25) is 4.79 Å². The molecule has 0 radical (unpaired) electrons. The van der Waals surface area contributed by atoms with Crippen LogP contribution >= 0.6 is 23.4 Å². The van der Waals surface area contributed by atoms with E-state index in [0.717, 1.165) is 0 Å². The van der Waals surface area contributed by atoms with E-state index in [4.69, 9.17) is 16.7 Å². The van der Waals surface area contributed by atoms with Gasteiger partial charge in [0.1, 0.15) is 0 Å². The molecule has 0 saturated carbocycles. The molecular formula is C14H11ClN2O3S. The van der Waals surface area contributed by atoms with Gasteiger partial charge in [-0.25, -0.2) is 9.78 Å². The van der Waals surface area contributed by atoms with Crippen molar-refractivity contribution in [3.63, 3.8) is 0 Å². The fraction of sp³-hybridized carbons (Fsp3) is 0.0714. The van der Waals surface area contributed by atoms with Crippen LogP contribution in [0.4, 0.5) is 5.69 Å². The molecule has 2 rings (SSSR count). The van der Waals surface area contributed by atoms with E-state index in [0.29, 0.717) is 15.7 Å². The number of hydrogen-bond donors (Lipinski definition) is 2. The van der Waals surface area contributed by atoms with Crippen LogP contribution in [0.1, 0.15) is 10.4 Å². The van der Waals surface area contributed by atoms with Crippen molar-refractivity contribution in [3.05, 3.63) is 53.2 Å². The molecule has 1 aromatic heterocycles. The molecule has 2 aromatic rings. The number of rotatable bonds is 5. The molecule has 5 nitrogen and oxygen atoms in total. The first-order valence-corrected chi connectivity index (χ1v) is 7.29. The third-order valence-electron chi connectivity index (χ3n) is 2.48. The van der Waals surface area contributed by atoms with Gasteiger partial charge in [0.2, 0.25) is 5.91 Å². The quantitative estimate of drug-likeness (QED) is 0.827. The Morgan fingerprint density at radius 1 is 1.24 bits per heavy atom. The van der Waals surface area contributed by atoms with Crippen LogP contribution in [0, 0.1) is 0 Å². The van der Waals surface area contributed by atoms with E-state index in [2.05, 4.69) is 10.3 Å². The average molecular weight is 323 g/mol. The molecule has 2 N–H and O–H groups in total. The van der Waals surface area contributed by atoms with Crippen molar-refractivity contribution in [1.29, 1.82) is 0 Å². The Balaban J connectivity index is 1.89. The van der Waals surface area contributed by atoms with Crippen LogP contribution in [-0.4, -0.2) is 27.7 Å². The van der Waals surface area contributed by atoms with E-state index in [9.17, 15) is 9.59 Å². The fourth-order valence-electron chi connectivity index (χ4n) is 1.48. The van der Waals surface area contributed by atoms with Crippen molar-refractivity contribution in [3.8, 4) is 0 Å². The van der Waals surface area contributed by atoms with E-state index in [1.54, 1.807) is 30.3 Å². The zero-order chi connectivity index (χ0) is 15.2. The SMILES string of the molecule is O=C(CSc1ccc(C(=O)O)cn1)Nc1ccccc1Cl. The van der Waals surface area contributed by atoms with Gasteiger partial charge in [-0.15, -0.1) is 0 Å². The number of pyridine rings is 1. The van der Waals surface area contributed by atoms with Gasteiger partial charge in [0.05, 0.1) is 27.1 Å². The molecular weight excluding hydrogens is 312 g/mol. The van der Waals surface area contributed by atoms with Crippen molar-refractivity contribution in [2.45, 2.75) is 5.03 Å². The first-order valence-electron chi connectivity index (χ1n) is 5.93. The predicted molar refractivity (Wildman–Crippen MR) is 82.0 cm³/mol. The van der Waals surface area contributed by atoms with Crippen molar-refractivity contribution in [2.75, 3.05) is 11.1 Å². The number of carbonyl (C=O) groups is 2. The highest BCUT2D eigenvalue weighted by Gasteiger charge is 2.08. The number of aromatic carboxylic acids is 1. The highest BCUT2D eigenvalue weighted by atomic mass is 35.5. The van der Waals surface area contributed by atoms with E-state index < -0.39 is 5.97 Å². The van der Waals surface area contributed by atoms with Gasteiger partial charge in [0, 0.05) is 6.20 Å². The largest absolute Gasteiger partial charge is 0.478 e. The second-order valence-corrected chi connectivity index (χ2v) is 5.41. The highest BCUT2D eigenvalue weighted by Crippen LogP contribution is 2.21. The lowest BCUT2D eigenvalue weighted by molar-refractivity contribution is -0.113. The normalized spacial score (nSPS) is 10.1. The fourth-order valence-corrected chi connectivity index (χ4v) is 2.31. The molecule has 0 atom stereocenters. The second-order valence-electron chi connectivity index (χ2n) is 4.01. The summed E-state index contributed by atoms with van der Waals surface area (Å²) < 4.78 is 0. The molecule has 108 valence electrons. The Labute approximate surface area is 130 Å². The van der Waals surface area contributed by atoms with E-state index in [1.165, 1.54) is 24.0 Å². The lowest BCUT2D eigenvalue weighted by Crippen LogP contribution is -2.14. The van der Waals surface area contributed by atoms with Crippen LogP contribution in [0.2, 0.25) is 5.02 Å². The number of thioether (sulfide) groups is 1. The molecule has 0 aliphatic rings. The van der Waals surface area contributed by atoms with Gasteiger partial charge in [0.15, 0.2) is 0 Å². The summed E-state index contributed by atoms with van der Waals surface area (Å²) >= 11 is 7.16. The van der Waals surface area contributed by atoms with Crippen LogP contribution < -0.4 is 5.32 Å². The predicted octanol–water partition coefficient (Wildman–Crippen LogP) is 3.16. The number of anilines is 1. The molecule has 7 heteroatoms. The lowest BCUT2D eigenvalue weighted by Gasteiger charge is -2.06. The molecule has 0 bridgehead atoms. The first-order chi connectivity index (χ1) is 10.1. The van der Waals surface area contributed by atoms with Crippen molar-refractivity contribution < 1.29 is 14.7 Å². The summed E-state index contributed by atoms with van der Waals surface area (Å²) in [5.41, 5.74) is 0.666. The summed E-state index contributed by atoms with van der Waals surface area (Å²) in [6.45, 7) is 0. The molecule has 0 saturated heterocycles. The summed E-state index contributed by atoms with van der Waals surface area (Å²) in [6.07, 6.45) is 1.26. The van der Waals surface area contributed by atoms with Gasteiger partial charge in [-0.1, -0.05) is 35.5 Å². The maximum Gasteiger partial charge on any atom is 0.337 e. The number of amides is 1. The molecule has 0 spiro atoms. The standard InChI is InChI=1S/C14H11ClN2O3S/c15-10-3-1-2-4-11(10)17-12(18)8-21-13-6-5-9(7-16-13)14(19)20/h1-7H,8H2,(H,17,18)(H,19,20). The van der Waals surface area contributed by atoms with Crippen molar-refractivity contribution in [2.24, 2.45) is 0 Å². The van der Waals surface area contributed by atoms with Gasteiger partial charge < -0.3 is 10.4 Å². The molecule has 21 heavy (non-hydrogen) atoms. The highest BCUT2D eigenvalue weighted by molar-refractivity contribution is 7.99. The summed E-state index contributed by atoms with van der Waals surface area (Å²) in [4.78, 5) is 26.5. The minimum Gasteiger partial charge on any atom is -0.478 e. The van der Waals surface area contributed by atoms with E-state index >= 15 is 0 Å². The Morgan fingerprint density at radius 3 is 2.62 bits per heavy atom. The van der Waals surface area contributed by atoms with Gasteiger partial charge in [-0.05, 0) is 24.3 Å². The number of carboxylic acid groups (broad SMARTS) is 1. The minimum atomic E-state index is -1.03. The van der Waals surface area contributed by atoms with Gasteiger partial charge >= 0.3 is 5.97 Å². The second kappa shape index (κ2) is 7.10. The number of aromatic nitrogens is 1. The van der Waals surface area contributed by atoms with Crippen LogP contribution in [0.5, 0.6) is 0 Å². The topological polar surface area (TPSA) is 79.3 Å². The molecule has 1 aromatic carbocycles. The van der Waals surface area contributed by atoms with Crippen LogP contribution in [0.25, 0.3) is 0 Å². The zero-order valence-corrected chi connectivity index (χ0v) is 12.3. The minimum absolute atomic E-state index is 0.111. The summed E-state index contributed by atoms with van der Waals surface area (Å²) in [5.74, 6) is -1.09. The molecule has 1 amide bonds. The van der Waals surface area contributed by atoms with Gasteiger partial charge in [-0.2, -0.15) is 0 Å². The van der Waals surface area contributed by atoms with Crippen LogP contribution in [0.15, 0.2) is 47.6 Å². The Kier molecular flexibility index (Phi) is 5.19. The molecule has 0 fully saturated rings. The third kappa shape index (κ3) is 4.47. The zero-order valence-electron chi connectivity index (χ0n) is 10.7. The number of nitrogens with zero attached hydrogens (tertiary/aromatic N) is 1. The van der Waals surface area contributed by atoms with Gasteiger partial charge in [0.25, 0.3) is 0 Å². The van der Waals surface area contributed by atoms with Crippen LogP contribution in [0.3, 0.4) is 0 Å². The number of para-hydroxylation sites is 1. The lowest BCUT2D eigenvalue weighted by atomic mass is 10.3. The average Bonchev–Trinajstić information content (AvgIpc) is 2.48. The Hall–Kier alpha value is -2.05. The summed E-state index contributed by atoms with van der Waals surface area (Å²) in [7, 11) is 0. The van der Waals surface area contributed by atoms with E-state index in [-0.39, 0.29) is 17.2 Å². The smallest absolute Gasteiger partial charge is 0.337 e. The van der Waals surface area contributed by atoms with Crippen LogP contribution in [-0.2, 0) is 4.79 Å². The van der Waals surface area contributed by atoms with Crippen molar-refractivity contribution >= 4 is 40.9 Å².